The normalized spacial score (nSPS) is 20.8. The van der Waals surface area contributed by atoms with Gasteiger partial charge in [0, 0.05) is 18.7 Å². The van der Waals surface area contributed by atoms with Crippen LogP contribution in [0, 0.1) is 0 Å². The highest BCUT2D eigenvalue weighted by atomic mass is 16.5. The van der Waals surface area contributed by atoms with Gasteiger partial charge >= 0.3 is 0 Å². The molecule has 1 saturated carbocycles. The molecule has 34 heavy (non-hydrogen) atoms. The fraction of sp³-hybridized carbons (Fsp3) is 0.481. The highest BCUT2D eigenvalue weighted by Gasteiger charge is 2.44. The number of fused-ring (bicyclic) bond motifs is 1. The van der Waals surface area contributed by atoms with Gasteiger partial charge in [0.25, 0.3) is 5.91 Å². The average Bonchev–Trinajstić information content (AvgIpc) is 3.13. The van der Waals surface area contributed by atoms with E-state index in [4.69, 9.17) is 14.2 Å². The molecule has 2 aromatic carbocycles. The van der Waals surface area contributed by atoms with E-state index in [0.717, 1.165) is 37.0 Å². The number of amides is 2. The molecule has 1 aliphatic carbocycles. The van der Waals surface area contributed by atoms with E-state index in [0.29, 0.717) is 22.6 Å². The monoisotopic (exact) mass is 466 g/mol. The molecule has 1 fully saturated rings. The smallest absolute Gasteiger partial charge is 0.254 e. The Balaban J connectivity index is 1.80. The molecule has 0 aromatic heterocycles. The second-order valence-corrected chi connectivity index (χ2v) is 9.10. The molecule has 4 rings (SSSR count). The standard InChI is InChI=1S/C27H34N2O5/c1-29-25(17-11-13-19(32-2)14-12-17)24(26(30)28-18-9-7-5-6-8-10-18)20-15-22(33-3)23(34-4)16-21(20)27(29)31/h11-16,18,24-25H,5-10H2,1-4H3,(H,28,30)/t24-,25+/m0/s1. The van der Waals surface area contributed by atoms with Gasteiger partial charge in [-0.3, -0.25) is 9.59 Å². The Hall–Kier alpha value is -3.22. The van der Waals surface area contributed by atoms with Crippen LogP contribution in [0.1, 0.15) is 72.0 Å². The molecular weight excluding hydrogens is 432 g/mol. The molecule has 1 N–H and O–H groups in total. The second kappa shape index (κ2) is 10.4. The highest BCUT2D eigenvalue weighted by Crippen LogP contribution is 2.46. The van der Waals surface area contributed by atoms with Crippen LogP contribution in [0.4, 0.5) is 0 Å². The third kappa shape index (κ3) is 4.56. The lowest BCUT2D eigenvalue weighted by atomic mass is 9.79. The topological polar surface area (TPSA) is 77.1 Å². The Labute approximate surface area is 201 Å². The van der Waals surface area contributed by atoms with Crippen LogP contribution in [0.3, 0.4) is 0 Å². The number of benzene rings is 2. The summed E-state index contributed by atoms with van der Waals surface area (Å²) < 4.78 is 16.3. The molecule has 2 atom stereocenters. The van der Waals surface area contributed by atoms with Crippen LogP contribution in [0.5, 0.6) is 17.2 Å². The minimum absolute atomic E-state index is 0.0689. The first-order valence-corrected chi connectivity index (χ1v) is 12.0. The van der Waals surface area contributed by atoms with Gasteiger partial charge in [-0.25, -0.2) is 0 Å². The van der Waals surface area contributed by atoms with E-state index in [9.17, 15) is 9.59 Å². The average molecular weight is 467 g/mol. The summed E-state index contributed by atoms with van der Waals surface area (Å²) in [5.41, 5.74) is 2.00. The molecule has 7 heteroatoms. The van der Waals surface area contributed by atoms with E-state index in [2.05, 4.69) is 5.32 Å². The van der Waals surface area contributed by atoms with Crippen molar-refractivity contribution in [1.82, 2.24) is 10.2 Å². The second-order valence-electron chi connectivity index (χ2n) is 9.10. The lowest BCUT2D eigenvalue weighted by Crippen LogP contribution is -2.47. The Morgan fingerprint density at radius 2 is 1.53 bits per heavy atom. The zero-order valence-corrected chi connectivity index (χ0v) is 20.4. The van der Waals surface area contributed by atoms with E-state index in [1.54, 1.807) is 38.3 Å². The number of hydrogen-bond acceptors (Lipinski definition) is 5. The highest BCUT2D eigenvalue weighted by molar-refractivity contribution is 6.02. The minimum atomic E-state index is -0.589. The van der Waals surface area contributed by atoms with Gasteiger partial charge in [-0.05, 0) is 48.2 Å². The maximum Gasteiger partial charge on any atom is 0.254 e. The van der Waals surface area contributed by atoms with Crippen LogP contribution in [0.2, 0.25) is 0 Å². The predicted molar refractivity (Wildman–Crippen MR) is 130 cm³/mol. The molecule has 0 radical (unpaired) electrons. The summed E-state index contributed by atoms with van der Waals surface area (Å²) in [7, 11) is 6.47. The van der Waals surface area contributed by atoms with Crippen LogP contribution in [0.15, 0.2) is 36.4 Å². The number of carbonyl (C=O) groups excluding carboxylic acids is 2. The molecule has 1 heterocycles. The molecule has 1 aliphatic heterocycles. The summed E-state index contributed by atoms with van der Waals surface area (Å²) in [6.45, 7) is 0. The zero-order chi connectivity index (χ0) is 24.2. The Bertz CT molecular complexity index is 1030. The van der Waals surface area contributed by atoms with Crippen molar-refractivity contribution in [2.24, 2.45) is 0 Å². The van der Waals surface area contributed by atoms with Crippen molar-refractivity contribution in [3.8, 4) is 17.2 Å². The van der Waals surface area contributed by atoms with Crippen molar-refractivity contribution in [3.63, 3.8) is 0 Å². The summed E-state index contributed by atoms with van der Waals surface area (Å²) in [5, 5.41) is 3.32. The van der Waals surface area contributed by atoms with Gasteiger partial charge in [-0.2, -0.15) is 0 Å². The van der Waals surface area contributed by atoms with E-state index >= 15 is 0 Å². The Kier molecular flexibility index (Phi) is 7.29. The molecule has 2 amide bonds. The molecule has 0 spiro atoms. The molecule has 0 unspecified atom stereocenters. The minimum Gasteiger partial charge on any atom is -0.497 e. The van der Waals surface area contributed by atoms with Gasteiger partial charge in [-0.1, -0.05) is 37.8 Å². The maximum absolute atomic E-state index is 13.9. The molecule has 182 valence electrons. The summed E-state index contributed by atoms with van der Waals surface area (Å²) in [6, 6.07) is 10.7. The number of nitrogens with zero attached hydrogens (tertiary/aromatic N) is 1. The SMILES string of the molecule is COc1ccc([C@@H]2[C@@H](C(=O)NC3CCCCCC3)c3cc(OC)c(OC)cc3C(=O)N2C)cc1. The third-order valence-corrected chi connectivity index (χ3v) is 7.12. The van der Waals surface area contributed by atoms with Crippen molar-refractivity contribution in [1.29, 1.82) is 0 Å². The van der Waals surface area contributed by atoms with Crippen molar-refractivity contribution >= 4 is 11.8 Å². The van der Waals surface area contributed by atoms with Crippen LogP contribution < -0.4 is 19.5 Å². The lowest BCUT2D eigenvalue weighted by Gasteiger charge is -2.40. The van der Waals surface area contributed by atoms with Crippen molar-refractivity contribution in [2.75, 3.05) is 28.4 Å². The van der Waals surface area contributed by atoms with Gasteiger partial charge in [0.15, 0.2) is 11.5 Å². The van der Waals surface area contributed by atoms with Crippen molar-refractivity contribution in [3.05, 3.63) is 53.1 Å². The summed E-state index contributed by atoms with van der Waals surface area (Å²) in [4.78, 5) is 29.0. The molecule has 0 saturated heterocycles. The lowest BCUT2D eigenvalue weighted by molar-refractivity contribution is -0.124. The number of likely N-dealkylation sites (N-methyl/N-ethyl adjacent to an activating group) is 1. The van der Waals surface area contributed by atoms with Gasteiger partial charge in [-0.15, -0.1) is 0 Å². The van der Waals surface area contributed by atoms with Crippen LogP contribution in [-0.2, 0) is 4.79 Å². The number of hydrogen-bond donors (Lipinski definition) is 1. The number of nitrogens with one attached hydrogen (secondary N) is 1. The van der Waals surface area contributed by atoms with Gasteiger partial charge < -0.3 is 24.4 Å². The fourth-order valence-corrected chi connectivity index (χ4v) is 5.26. The van der Waals surface area contributed by atoms with Crippen molar-refractivity contribution in [2.45, 2.75) is 56.5 Å². The summed E-state index contributed by atoms with van der Waals surface area (Å²) >= 11 is 0. The molecule has 0 bridgehead atoms. The molecule has 2 aromatic rings. The van der Waals surface area contributed by atoms with Gasteiger partial charge in [0.2, 0.25) is 5.91 Å². The van der Waals surface area contributed by atoms with Gasteiger partial charge in [0.05, 0.1) is 33.3 Å². The van der Waals surface area contributed by atoms with Crippen molar-refractivity contribution < 1.29 is 23.8 Å². The summed E-state index contributed by atoms with van der Waals surface area (Å²) in [6.07, 6.45) is 6.64. The van der Waals surface area contributed by atoms with E-state index in [-0.39, 0.29) is 17.9 Å². The van der Waals surface area contributed by atoms with E-state index in [1.807, 2.05) is 24.3 Å². The number of methoxy groups -OCH3 is 3. The number of rotatable bonds is 6. The zero-order valence-electron chi connectivity index (χ0n) is 20.4. The molecule has 2 aliphatic rings. The first-order chi connectivity index (χ1) is 16.5. The van der Waals surface area contributed by atoms with Gasteiger partial charge in [0.1, 0.15) is 5.75 Å². The first kappa shape index (κ1) is 23.9. The number of ether oxygens (including phenoxy) is 3. The summed E-state index contributed by atoms with van der Waals surface area (Å²) in [5.74, 6) is 0.873. The van der Waals surface area contributed by atoms with Crippen LogP contribution >= 0.6 is 0 Å². The Morgan fingerprint density at radius 3 is 2.12 bits per heavy atom. The maximum atomic E-state index is 13.9. The van der Waals surface area contributed by atoms with E-state index in [1.165, 1.54) is 20.0 Å². The quantitative estimate of drug-likeness (QED) is 0.636. The number of carbonyl (C=O) groups is 2. The predicted octanol–water partition coefficient (Wildman–Crippen LogP) is 4.46. The first-order valence-electron chi connectivity index (χ1n) is 12.0. The van der Waals surface area contributed by atoms with Crippen LogP contribution in [0.25, 0.3) is 0 Å². The van der Waals surface area contributed by atoms with E-state index < -0.39 is 12.0 Å². The molecule has 7 nitrogen and oxygen atoms in total. The van der Waals surface area contributed by atoms with Crippen LogP contribution in [-0.4, -0.2) is 51.1 Å². The molecular formula is C27H34N2O5. The third-order valence-electron chi connectivity index (χ3n) is 7.12. The Morgan fingerprint density at radius 1 is 0.912 bits per heavy atom. The largest absolute Gasteiger partial charge is 0.497 e. The fourth-order valence-electron chi connectivity index (χ4n) is 5.26.